The summed E-state index contributed by atoms with van der Waals surface area (Å²) in [6.07, 6.45) is 5.23. The summed E-state index contributed by atoms with van der Waals surface area (Å²) >= 11 is 0. The number of carboxylic acid groups (broad SMARTS) is 1. The van der Waals surface area contributed by atoms with Crippen LogP contribution in [0.1, 0.15) is 46.5 Å². The first-order valence-electron chi connectivity index (χ1n) is 8.31. The summed E-state index contributed by atoms with van der Waals surface area (Å²) in [5, 5.41) is 11.8. The lowest BCUT2D eigenvalue weighted by Crippen LogP contribution is -2.45. The van der Waals surface area contributed by atoms with Gasteiger partial charge in [0.15, 0.2) is 0 Å². The Bertz CT molecular complexity index is 640. The van der Waals surface area contributed by atoms with Crippen molar-refractivity contribution in [1.82, 2.24) is 15.2 Å². The number of nitrogens with zero attached hydrogens (tertiary/aromatic N) is 2. The monoisotopic (exact) mass is 331 g/mol. The van der Waals surface area contributed by atoms with Crippen molar-refractivity contribution in [3.05, 3.63) is 29.6 Å². The molecule has 2 aliphatic rings. The zero-order valence-electron chi connectivity index (χ0n) is 13.4. The van der Waals surface area contributed by atoms with E-state index in [2.05, 4.69) is 10.3 Å². The van der Waals surface area contributed by atoms with Crippen LogP contribution in [0, 0.1) is 11.8 Å². The quantitative estimate of drug-likeness (QED) is 0.843. The lowest BCUT2D eigenvalue weighted by molar-refractivity contribution is -0.126. The van der Waals surface area contributed by atoms with Crippen LogP contribution in [0.4, 0.5) is 0 Å². The van der Waals surface area contributed by atoms with E-state index in [-0.39, 0.29) is 23.4 Å². The van der Waals surface area contributed by atoms with Gasteiger partial charge in [0.2, 0.25) is 5.91 Å². The van der Waals surface area contributed by atoms with Crippen LogP contribution >= 0.6 is 0 Å². The Balaban J connectivity index is 1.59. The van der Waals surface area contributed by atoms with E-state index < -0.39 is 5.97 Å². The highest BCUT2D eigenvalue weighted by Gasteiger charge is 2.30. The Morgan fingerprint density at radius 2 is 2.04 bits per heavy atom. The van der Waals surface area contributed by atoms with E-state index in [9.17, 15) is 14.4 Å². The second kappa shape index (κ2) is 6.98. The van der Waals surface area contributed by atoms with Gasteiger partial charge in [-0.2, -0.15) is 0 Å². The number of likely N-dealkylation sites (tertiary alicyclic amines) is 1. The number of piperidine rings is 1. The highest BCUT2D eigenvalue weighted by molar-refractivity contribution is 5.95. The maximum atomic E-state index is 12.5. The van der Waals surface area contributed by atoms with E-state index in [1.807, 2.05) is 0 Å². The summed E-state index contributed by atoms with van der Waals surface area (Å²) in [5.41, 5.74) is 0.251. The SMILES string of the molecule is O=C(O)c1ccc(C(=O)N2CCCC(C(=O)NCC3CC3)C2)cn1. The topological polar surface area (TPSA) is 99.6 Å². The number of aromatic nitrogens is 1. The van der Waals surface area contributed by atoms with Crippen molar-refractivity contribution in [1.29, 1.82) is 0 Å². The van der Waals surface area contributed by atoms with Crippen molar-refractivity contribution >= 4 is 17.8 Å². The number of aromatic carboxylic acids is 1. The fraction of sp³-hybridized carbons (Fsp3) is 0.529. The minimum atomic E-state index is -1.13. The third kappa shape index (κ3) is 3.90. The molecule has 0 spiro atoms. The molecule has 1 aliphatic heterocycles. The Morgan fingerprint density at radius 1 is 1.25 bits per heavy atom. The van der Waals surface area contributed by atoms with Crippen LogP contribution in [0.2, 0.25) is 0 Å². The molecular formula is C17H21N3O4. The zero-order valence-corrected chi connectivity index (χ0v) is 13.4. The highest BCUT2D eigenvalue weighted by atomic mass is 16.4. The molecule has 1 unspecified atom stereocenters. The molecule has 0 radical (unpaired) electrons. The molecule has 1 saturated heterocycles. The standard InChI is InChI=1S/C17H21N3O4/c21-15(19-8-11-3-4-11)13-2-1-7-20(10-13)16(22)12-5-6-14(17(23)24)18-9-12/h5-6,9,11,13H,1-4,7-8,10H2,(H,19,21)(H,23,24). The number of carbonyl (C=O) groups excluding carboxylic acids is 2. The van der Waals surface area contributed by atoms with Crippen molar-refractivity contribution in [3.8, 4) is 0 Å². The molecule has 2 amide bonds. The predicted molar refractivity (Wildman–Crippen MR) is 85.6 cm³/mol. The van der Waals surface area contributed by atoms with E-state index in [1.54, 1.807) is 4.90 Å². The molecular weight excluding hydrogens is 310 g/mol. The summed E-state index contributed by atoms with van der Waals surface area (Å²) in [7, 11) is 0. The second-order valence-corrected chi connectivity index (χ2v) is 6.52. The summed E-state index contributed by atoms with van der Waals surface area (Å²) < 4.78 is 0. The van der Waals surface area contributed by atoms with Gasteiger partial charge in [0.25, 0.3) is 5.91 Å². The molecule has 7 heteroatoms. The van der Waals surface area contributed by atoms with E-state index in [0.29, 0.717) is 24.6 Å². The van der Waals surface area contributed by atoms with E-state index in [4.69, 9.17) is 5.11 Å². The molecule has 0 bridgehead atoms. The number of nitrogens with one attached hydrogen (secondary N) is 1. The van der Waals surface area contributed by atoms with Crippen molar-refractivity contribution in [2.24, 2.45) is 11.8 Å². The molecule has 1 aromatic heterocycles. The summed E-state index contributed by atoms with van der Waals surface area (Å²) in [4.78, 5) is 41.0. The molecule has 7 nitrogen and oxygen atoms in total. The summed E-state index contributed by atoms with van der Waals surface area (Å²) in [5.74, 6) is -0.848. The van der Waals surface area contributed by atoms with Gasteiger partial charge in [0, 0.05) is 25.8 Å². The number of rotatable bonds is 5. The first kappa shape index (κ1) is 16.4. The van der Waals surface area contributed by atoms with Gasteiger partial charge in [0.05, 0.1) is 11.5 Å². The van der Waals surface area contributed by atoms with Gasteiger partial charge in [-0.25, -0.2) is 9.78 Å². The molecule has 1 atom stereocenters. The number of carbonyl (C=O) groups is 3. The summed E-state index contributed by atoms with van der Waals surface area (Å²) in [6.45, 7) is 1.74. The van der Waals surface area contributed by atoms with Gasteiger partial charge < -0.3 is 15.3 Å². The van der Waals surface area contributed by atoms with E-state index >= 15 is 0 Å². The van der Waals surface area contributed by atoms with Gasteiger partial charge >= 0.3 is 5.97 Å². The van der Waals surface area contributed by atoms with Crippen LogP contribution in [-0.2, 0) is 4.79 Å². The van der Waals surface area contributed by atoms with Gasteiger partial charge in [0.1, 0.15) is 5.69 Å². The van der Waals surface area contributed by atoms with Gasteiger partial charge in [-0.3, -0.25) is 9.59 Å². The minimum absolute atomic E-state index is 0.0266. The molecule has 3 rings (SSSR count). The Hall–Kier alpha value is -2.44. The molecule has 1 aromatic rings. The first-order chi connectivity index (χ1) is 11.5. The molecule has 1 aliphatic carbocycles. The third-order valence-corrected chi connectivity index (χ3v) is 4.57. The molecule has 24 heavy (non-hydrogen) atoms. The summed E-state index contributed by atoms with van der Waals surface area (Å²) in [6, 6.07) is 2.79. The smallest absolute Gasteiger partial charge is 0.354 e. The molecule has 0 aromatic carbocycles. The Labute approximate surface area is 140 Å². The normalized spacial score (nSPS) is 20.5. The molecule has 2 fully saturated rings. The third-order valence-electron chi connectivity index (χ3n) is 4.57. The number of carboxylic acids is 1. The van der Waals surface area contributed by atoms with Gasteiger partial charge in [-0.15, -0.1) is 0 Å². The molecule has 2 N–H and O–H groups in total. The molecule has 1 saturated carbocycles. The largest absolute Gasteiger partial charge is 0.477 e. The van der Waals surface area contributed by atoms with Crippen LogP contribution in [0.5, 0.6) is 0 Å². The van der Waals surface area contributed by atoms with Crippen LogP contribution in [-0.4, -0.2) is 52.4 Å². The fourth-order valence-electron chi connectivity index (χ4n) is 2.92. The number of hydrogen-bond acceptors (Lipinski definition) is 4. The predicted octanol–water partition coefficient (Wildman–Crippen LogP) is 1.16. The van der Waals surface area contributed by atoms with Crippen molar-refractivity contribution < 1.29 is 19.5 Å². The number of hydrogen-bond donors (Lipinski definition) is 2. The number of pyridine rings is 1. The van der Waals surface area contributed by atoms with Crippen molar-refractivity contribution in [3.63, 3.8) is 0 Å². The highest BCUT2D eigenvalue weighted by Crippen LogP contribution is 2.28. The van der Waals surface area contributed by atoms with Gasteiger partial charge in [-0.1, -0.05) is 0 Å². The Kier molecular flexibility index (Phi) is 4.78. The van der Waals surface area contributed by atoms with E-state index in [0.717, 1.165) is 19.4 Å². The lowest BCUT2D eigenvalue weighted by atomic mass is 9.96. The zero-order chi connectivity index (χ0) is 17.1. The van der Waals surface area contributed by atoms with Crippen molar-refractivity contribution in [2.45, 2.75) is 25.7 Å². The maximum Gasteiger partial charge on any atom is 0.354 e. The van der Waals surface area contributed by atoms with Crippen LogP contribution in [0.15, 0.2) is 18.3 Å². The first-order valence-corrected chi connectivity index (χ1v) is 8.31. The molecule has 128 valence electrons. The average molecular weight is 331 g/mol. The minimum Gasteiger partial charge on any atom is -0.477 e. The van der Waals surface area contributed by atoms with Gasteiger partial charge in [-0.05, 0) is 43.7 Å². The van der Waals surface area contributed by atoms with Crippen LogP contribution in [0.25, 0.3) is 0 Å². The second-order valence-electron chi connectivity index (χ2n) is 6.52. The maximum absolute atomic E-state index is 12.5. The van der Waals surface area contributed by atoms with Crippen LogP contribution in [0.3, 0.4) is 0 Å². The van der Waals surface area contributed by atoms with Crippen LogP contribution < -0.4 is 5.32 Å². The lowest BCUT2D eigenvalue weighted by Gasteiger charge is -2.32. The van der Waals surface area contributed by atoms with E-state index in [1.165, 1.54) is 31.2 Å². The molecule has 2 heterocycles. The number of amides is 2. The fourth-order valence-corrected chi connectivity index (χ4v) is 2.92. The average Bonchev–Trinajstić information content (AvgIpc) is 3.43. The van der Waals surface area contributed by atoms with Crippen molar-refractivity contribution in [2.75, 3.05) is 19.6 Å². The Morgan fingerprint density at radius 3 is 2.67 bits per heavy atom.